The summed E-state index contributed by atoms with van der Waals surface area (Å²) in [5.74, 6) is 2.63. The Morgan fingerprint density at radius 3 is 2.32 bits per heavy atom. The van der Waals surface area contributed by atoms with Gasteiger partial charge in [-0.15, -0.1) is 0 Å². The minimum Gasteiger partial charge on any atom is -0.493 e. The van der Waals surface area contributed by atoms with Crippen LogP contribution < -0.4 is 24.8 Å². The van der Waals surface area contributed by atoms with Crippen LogP contribution in [0.1, 0.15) is 11.7 Å². The first-order valence-corrected chi connectivity index (χ1v) is 9.75. The molecule has 0 fully saturated rings. The van der Waals surface area contributed by atoms with E-state index in [4.69, 9.17) is 14.2 Å². The van der Waals surface area contributed by atoms with Gasteiger partial charge in [0.05, 0.1) is 14.2 Å². The van der Waals surface area contributed by atoms with Crippen molar-refractivity contribution in [2.75, 3.05) is 19.5 Å². The first kappa shape index (κ1) is 20.2. The van der Waals surface area contributed by atoms with Crippen molar-refractivity contribution in [3.05, 3.63) is 90.8 Å². The van der Waals surface area contributed by atoms with Gasteiger partial charge in [0.15, 0.2) is 11.5 Å². The Morgan fingerprint density at radius 1 is 0.903 bits per heavy atom. The predicted octanol–water partition coefficient (Wildman–Crippen LogP) is 5.10. The van der Waals surface area contributed by atoms with E-state index < -0.39 is 0 Å². The van der Waals surface area contributed by atoms with E-state index in [1.807, 2.05) is 54.6 Å². The number of carbonyl (C=O) groups excluding carboxylic acids is 1. The minimum atomic E-state index is -0.328. The molecule has 7 nitrogen and oxygen atoms in total. The predicted molar refractivity (Wildman–Crippen MR) is 118 cm³/mol. The SMILES string of the molecule is COc1ccc(NC(=O)N2C=CNC2c2ccc(Oc3ccccc3)cc2)cc1OC. The highest BCUT2D eigenvalue weighted by molar-refractivity contribution is 5.91. The summed E-state index contributed by atoms with van der Waals surface area (Å²) in [6.45, 7) is 0. The van der Waals surface area contributed by atoms with Gasteiger partial charge in [-0.3, -0.25) is 4.90 Å². The smallest absolute Gasteiger partial charge is 0.327 e. The number of methoxy groups -OCH3 is 2. The number of hydrogen-bond acceptors (Lipinski definition) is 5. The van der Waals surface area contributed by atoms with Gasteiger partial charge < -0.3 is 24.8 Å². The summed E-state index contributed by atoms with van der Waals surface area (Å²) in [6.07, 6.45) is 3.12. The monoisotopic (exact) mass is 417 g/mol. The fourth-order valence-electron chi connectivity index (χ4n) is 3.27. The van der Waals surface area contributed by atoms with Gasteiger partial charge in [-0.1, -0.05) is 30.3 Å². The molecular formula is C24H23N3O4. The zero-order chi connectivity index (χ0) is 21.6. The van der Waals surface area contributed by atoms with Gasteiger partial charge in [0, 0.05) is 24.2 Å². The van der Waals surface area contributed by atoms with Crippen LogP contribution in [0.25, 0.3) is 0 Å². The average molecular weight is 417 g/mol. The fraction of sp³-hybridized carbons (Fsp3) is 0.125. The summed E-state index contributed by atoms with van der Waals surface area (Å²) >= 11 is 0. The Kier molecular flexibility index (Phi) is 5.93. The summed E-state index contributed by atoms with van der Waals surface area (Å²) < 4.78 is 16.4. The molecule has 1 aliphatic heterocycles. The molecular weight excluding hydrogens is 394 g/mol. The highest BCUT2D eigenvalue weighted by Crippen LogP contribution is 2.31. The lowest BCUT2D eigenvalue weighted by Gasteiger charge is -2.24. The lowest BCUT2D eigenvalue weighted by atomic mass is 10.1. The van der Waals surface area contributed by atoms with Crippen LogP contribution in [0.4, 0.5) is 10.5 Å². The van der Waals surface area contributed by atoms with E-state index in [1.165, 1.54) is 0 Å². The third-order valence-corrected chi connectivity index (χ3v) is 4.81. The molecule has 3 aromatic rings. The first-order valence-electron chi connectivity index (χ1n) is 9.75. The molecule has 0 saturated carbocycles. The molecule has 0 aliphatic carbocycles. The molecule has 2 N–H and O–H groups in total. The molecule has 1 heterocycles. The number of hydrogen-bond donors (Lipinski definition) is 2. The van der Waals surface area contributed by atoms with E-state index in [0.29, 0.717) is 17.2 Å². The third-order valence-electron chi connectivity index (χ3n) is 4.81. The zero-order valence-electron chi connectivity index (χ0n) is 17.2. The number of rotatable bonds is 6. The molecule has 31 heavy (non-hydrogen) atoms. The van der Waals surface area contributed by atoms with Crippen LogP contribution in [0.5, 0.6) is 23.0 Å². The van der Waals surface area contributed by atoms with Gasteiger partial charge in [0.25, 0.3) is 0 Å². The van der Waals surface area contributed by atoms with Gasteiger partial charge >= 0.3 is 6.03 Å². The van der Waals surface area contributed by atoms with Crippen molar-refractivity contribution < 1.29 is 19.0 Å². The molecule has 7 heteroatoms. The van der Waals surface area contributed by atoms with Crippen molar-refractivity contribution in [2.45, 2.75) is 6.17 Å². The molecule has 0 aromatic heterocycles. The maximum Gasteiger partial charge on any atom is 0.327 e. The largest absolute Gasteiger partial charge is 0.493 e. The molecule has 0 bridgehead atoms. The Morgan fingerprint density at radius 2 is 1.61 bits per heavy atom. The molecule has 4 rings (SSSR count). The summed E-state index contributed by atoms with van der Waals surface area (Å²) in [5.41, 5.74) is 1.53. The number of nitrogens with zero attached hydrogens (tertiary/aromatic N) is 1. The number of ether oxygens (including phenoxy) is 3. The summed E-state index contributed by atoms with van der Waals surface area (Å²) in [7, 11) is 3.12. The van der Waals surface area contributed by atoms with E-state index in [0.717, 1.165) is 17.1 Å². The lowest BCUT2D eigenvalue weighted by molar-refractivity contribution is 0.215. The van der Waals surface area contributed by atoms with Crippen molar-refractivity contribution in [1.82, 2.24) is 10.2 Å². The summed E-state index contributed by atoms with van der Waals surface area (Å²) in [4.78, 5) is 14.5. The second-order valence-corrected chi connectivity index (χ2v) is 6.78. The van der Waals surface area contributed by atoms with Gasteiger partial charge in [-0.2, -0.15) is 0 Å². The maximum absolute atomic E-state index is 12.9. The molecule has 0 radical (unpaired) electrons. The van der Waals surface area contributed by atoms with E-state index in [9.17, 15) is 4.79 Å². The Balaban J connectivity index is 1.44. The van der Waals surface area contributed by atoms with Crippen molar-refractivity contribution in [3.8, 4) is 23.0 Å². The Labute approximate surface area is 180 Å². The van der Waals surface area contributed by atoms with Crippen LogP contribution in [0.3, 0.4) is 0 Å². The molecule has 0 spiro atoms. The molecule has 1 atom stereocenters. The van der Waals surface area contributed by atoms with Crippen LogP contribution in [0.2, 0.25) is 0 Å². The topological polar surface area (TPSA) is 72.1 Å². The van der Waals surface area contributed by atoms with Crippen LogP contribution in [-0.4, -0.2) is 25.2 Å². The summed E-state index contributed by atoms with van der Waals surface area (Å²) in [6, 6.07) is 22.2. The number of nitrogens with one attached hydrogen (secondary N) is 2. The first-order chi connectivity index (χ1) is 15.2. The van der Waals surface area contributed by atoms with Gasteiger partial charge in [0.2, 0.25) is 0 Å². The number of para-hydroxylation sites is 1. The molecule has 1 aliphatic rings. The number of amides is 2. The second-order valence-electron chi connectivity index (χ2n) is 6.78. The molecule has 0 saturated heterocycles. The number of carbonyl (C=O) groups is 1. The zero-order valence-corrected chi connectivity index (χ0v) is 17.2. The maximum atomic E-state index is 12.9. The third kappa shape index (κ3) is 4.56. The Hall–Kier alpha value is -4.13. The molecule has 1 unspecified atom stereocenters. The fourth-order valence-corrected chi connectivity index (χ4v) is 3.27. The lowest BCUT2D eigenvalue weighted by Crippen LogP contribution is -2.35. The van der Waals surface area contributed by atoms with Gasteiger partial charge in [-0.05, 0) is 42.0 Å². The molecule has 158 valence electrons. The number of benzene rings is 3. The summed E-state index contributed by atoms with van der Waals surface area (Å²) in [5, 5.41) is 6.09. The molecule has 2 amide bonds. The normalized spacial score (nSPS) is 14.6. The van der Waals surface area contributed by atoms with Crippen molar-refractivity contribution in [1.29, 1.82) is 0 Å². The van der Waals surface area contributed by atoms with E-state index in [1.54, 1.807) is 49.7 Å². The van der Waals surface area contributed by atoms with Gasteiger partial charge in [0.1, 0.15) is 17.7 Å². The highest BCUT2D eigenvalue weighted by atomic mass is 16.5. The van der Waals surface area contributed by atoms with Crippen LogP contribution >= 0.6 is 0 Å². The minimum absolute atomic E-state index is 0.275. The standard InChI is InChI=1S/C24H23N3O4/c1-29-21-13-10-18(16-22(21)30-2)26-24(28)27-15-14-25-23(27)17-8-11-20(12-9-17)31-19-6-4-3-5-7-19/h3-16,23,25H,1-2H3,(H,26,28). The van der Waals surface area contributed by atoms with Crippen molar-refractivity contribution in [2.24, 2.45) is 0 Å². The van der Waals surface area contributed by atoms with Crippen molar-refractivity contribution >= 4 is 11.7 Å². The Bertz CT molecular complexity index is 1070. The quantitative estimate of drug-likeness (QED) is 0.584. The molecule has 3 aromatic carbocycles. The highest BCUT2D eigenvalue weighted by Gasteiger charge is 2.26. The van der Waals surface area contributed by atoms with Crippen LogP contribution in [-0.2, 0) is 0 Å². The van der Waals surface area contributed by atoms with Crippen molar-refractivity contribution in [3.63, 3.8) is 0 Å². The van der Waals surface area contributed by atoms with E-state index >= 15 is 0 Å². The second kappa shape index (κ2) is 9.13. The van der Waals surface area contributed by atoms with E-state index in [2.05, 4.69) is 10.6 Å². The van der Waals surface area contributed by atoms with Crippen LogP contribution in [0, 0.1) is 0 Å². The van der Waals surface area contributed by atoms with Crippen LogP contribution in [0.15, 0.2) is 85.2 Å². The van der Waals surface area contributed by atoms with Gasteiger partial charge in [-0.25, -0.2) is 4.79 Å². The average Bonchev–Trinajstić information content (AvgIpc) is 3.30. The number of anilines is 1. The number of urea groups is 1. The van der Waals surface area contributed by atoms with E-state index in [-0.39, 0.29) is 12.2 Å².